The lowest BCUT2D eigenvalue weighted by Crippen LogP contribution is -2.30. The Morgan fingerprint density at radius 3 is 2.00 bits per heavy atom. The van der Waals surface area contributed by atoms with Crippen LogP contribution in [0.4, 0.5) is 11.4 Å². The van der Waals surface area contributed by atoms with E-state index in [1.807, 2.05) is 27.7 Å². The number of hydrogen-bond acceptors (Lipinski definition) is 3. The van der Waals surface area contributed by atoms with Crippen molar-refractivity contribution in [1.82, 2.24) is 4.90 Å². The van der Waals surface area contributed by atoms with Gasteiger partial charge in [0.2, 0.25) is 5.91 Å². The largest absolute Gasteiger partial charge is 0.376 e. The standard InChI is InChI=1S/C22H29N3O2/c1-6-25(7-2)22(27)18-8-10-19(11-9-18)24-20(26)14-23-21-16(4)12-15(3)13-17(21)5/h8-13,23H,6-7,14H2,1-5H3,(H,24,26). The van der Waals surface area contributed by atoms with E-state index in [0.717, 1.165) is 16.8 Å². The van der Waals surface area contributed by atoms with Gasteiger partial charge in [0.1, 0.15) is 0 Å². The molecule has 0 heterocycles. The van der Waals surface area contributed by atoms with Gasteiger partial charge >= 0.3 is 0 Å². The van der Waals surface area contributed by atoms with Crippen LogP contribution in [0.2, 0.25) is 0 Å². The topological polar surface area (TPSA) is 61.4 Å². The van der Waals surface area contributed by atoms with E-state index in [4.69, 9.17) is 0 Å². The van der Waals surface area contributed by atoms with Crippen molar-refractivity contribution in [2.24, 2.45) is 0 Å². The highest BCUT2D eigenvalue weighted by Crippen LogP contribution is 2.21. The molecule has 0 fully saturated rings. The Morgan fingerprint density at radius 1 is 0.926 bits per heavy atom. The van der Waals surface area contributed by atoms with Crippen molar-refractivity contribution in [3.63, 3.8) is 0 Å². The molecule has 2 aromatic rings. The first-order chi connectivity index (χ1) is 12.8. The molecule has 2 amide bonds. The summed E-state index contributed by atoms with van der Waals surface area (Å²) in [5.74, 6) is -0.123. The molecule has 0 saturated heterocycles. The summed E-state index contributed by atoms with van der Waals surface area (Å²) in [5.41, 5.74) is 5.75. The highest BCUT2D eigenvalue weighted by Gasteiger charge is 2.12. The van der Waals surface area contributed by atoms with Crippen LogP contribution in [-0.2, 0) is 4.79 Å². The van der Waals surface area contributed by atoms with Crippen LogP contribution in [0.25, 0.3) is 0 Å². The lowest BCUT2D eigenvalue weighted by molar-refractivity contribution is -0.114. The van der Waals surface area contributed by atoms with Crippen molar-refractivity contribution in [2.45, 2.75) is 34.6 Å². The molecule has 2 N–H and O–H groups in total. The molecule has 2 rings (SSSR count). The summed E-state index contributed by atoms with van der Waals surface area (Å²) in [6, 6.07) is 11.2. The van der Waals surface area contributed by atoms with Crippen molar-refractivity contribution < 1.29 is 9.59 Å². The second kappa shape index (κ2) is 9.21. The maximum atomic E-state index is 12.3. The summed E-state index contributed by atoms with van der Waals surface area (Å²) < 4.78 is 0. The molecule has 0 aromatic heterocycles. The number of carbonyl (C=O) groups excluding carboxylic acids is 2. The summed E-state index contributed by atoms with van der Waals surface area (Å²) in [5, 5.41) is 6.07. The van der Waals surface area contributed by atoms with E-state index in [-0.39, 0.29) is 18.4 Å². The highest BCUT2D eigenvalue weighted by molar-refractivity contribution is 5.96. The molecule has 0 bridgehead atoms. The number of aryl methyl sites for hydroxylation is 3. The van der Waals surface area contributed by atoms with Gasteiger partial charge < -0.3 is 15.5 Å². The number of anilines is 2. The summed E-state index contributed by atoms with van der Waals surface area (Å²) in [6.07, 6.45) is 0. The third-order valence-corrected chi connectivity index (χ3v) is 4.57. The first-order valence-corrected chi connectivity index (χ1v) is 9.36. The van der Waals surface area contributed by atoms with Crippen LogP contribution in [0, 0.1) is 20.8 Å². The normalized spacial score (nSPS) is 10.4. The van der Waals surface area contributed by atoms with E-state index in [0.29, 0.717) is 24.3 Å². The van der Waals surface area contributed by atoms with Crippen LogP contribution in [-0.4, -0.2) is 36.3 Å². The molecule has 0 unspecified atom stereocenters. The molecule has 0 aliphatic rings. The monoisotopic (exact) mass is 367 g/mol. The van der Waals surface area contributed by atoms with Crippen LogP contribution in [0.3, 0.4) is 0 Å². The average molecular weight is 367 g/mol. The van der Waals surface area contributed by atoms with Gasteiger partial charge in [-0.05, 0) is 70.0 Å². The molecule has 0 aliphatic carbocycles. The van der Waals surface area contributed by atoms with Gasteiger partial charge in [-0.2, -0.15) is 0 Å². The predicted octanol–water partition coefficient (Wildman–Crippen LogP) is 4.14. The zero-order valence-electron chi connectivity index (χ0n) is 16.8. The van der Waals surface area contributed by atoms with E-state index < -0.39 is 0 Å². The zero-order chi connectivity index (χ0) is 20.0. The second-order valence-corrected chi connectivity index (χ2v) is 6.73. The molecular formula is C22H29N3O2. The minimum Gasteiger partial charge on any atom is -0.376 e. The lowest BCUT2D eigenvalue weighted by Gasteiger charge is -2.18. The van der Waals surface area contributed by atoms with Gasteiger partial charge in [0, 0.05) is 30.0 Å². The van der Waals surface area contributed by atoms with Crippen LogP contribution < -0.4 is 10.6 Å². The maximum Gasteiger partial charge on any atom is 0.253 e. The number of rotatable bonds is 7. The summed E-state index contributed by atoms with van der Waals surface area (Å²) >= 11 is 0. The minimum absolute atomic E-state index is 0.00450. The Labute approximate surface area is 161 Å². The van der Waals surface area contributed by atoms with Crippen molar-refractivity contribution in [3.05, 3.63) is 58.7 Å². The van der Waals surface area contributed by atoms with Gasteiger partial charge in [0.05, 0.1) is 6.54 Å². The fourth-order valence-electron chi connectivity index (χ4n) is 3.22. The van der Waals surface area contributed by atoms with Crippen molar-refractivity contribution >= 4 is 23.2 Å². The van der Waals surface area contributed by atoms with E-state index in [1.54, 1.807) is 29.2 Å². The van der Waals surface area contributed by atoms with Crippen LogP contribution in [0.1, 0.15) is 40.9 Å². The number of amides is 2. The molecule has 0 aliphatic heterocycles. The molecule has 5 nitrogen and oxygen atoms in total. The summed E-state index contributed by atoms with van der Waals surface area (Å²) in [4.78, 5) is 26.3. The molecule has 2 aromatic carbocycles. The van der Waals surface area contributed by atoms with Gasteiger partial charge in [0.25, 0.3) is 5.91 Å². The predicted molar refractivity (Wildman–Crippen MR) is 111 cm³/mol. The minimum atomic E-state index is -0.128. The molecule has 0 radical (unpaired) electrons. The zero-order valence-corrected chi connectivity index (χ0v) is 16.8. The average Bonchev–Trinajstić information content (AvgIpc) is 2.62. The second-order valence-electron chi connectivity index (χ2n) is 6.73. The quantitative estimate of drug-likeness (QED) is 0.773. The number of benzene rings is 2. The van der Waals surface area contributed by atoms with Crippen molar-refractivity contribution in [1.29, 1.82) is 0 Å². The molecule has 0 saturated carbocycles. The first-order valence-electron chi connectivity index (χ1n) is 9.36. The molecule has 144 valence electrons. The number of carbonyl (C=O) groups is 2. The van der Waals surface area contributed by atoms with Crippen LogP contribution >= 0.6 is 0 Å². The molecule has 5 heteroatoms. The highest BCUT2D eigenvalue weighted by atomic mass is 16.2. The third-order valence-electron chi connectivity index (χ3n) is 4.57. The van der Waals surface area contributed by atoms with Crippen LogP contribution in [0.15, 0.2) is 36.4 Å². The molecule has 27 heavy (non-hydrogen) atoms. The fraction of sp³-hybridized carbons (Fsp3) is 0.364. The van der Waals surface area contributed by atoms with Crippen LogP contribution in [0.5, 0.6) is 0 Å². The third kappa shape index (κ3) is 5.33. The fourth-order valence-corrected chi connectivity index (χ4v) is 3.22. The lowest BCUT2D eigenvalue weighted by atomic mass is 10.1. The van der Waals surface area contributed by atoms with Crippen molar-refractivity contribution in [2.75, 3.05) is 30.3 Å². The number of nitrogens with zero attached hydrogens (tertiary/aromatic N) is 1. The summed E-state index contributed by atoms with van der Waals surface area (Å²) in [7, 11) is 0. The molecule has 0 spiro atoms. The van der Waals surface area contributed by atoms with Gasteiger partial charge in [0.15, 0.2) is 0 Å². The van der Waals surface area contributed by atoms with Gasteiger partial charge in [-0.15, -0.1) is 0 Å². The van der Waals surface area contributed by atoms with Gasteiger partial charge in [-0.25, -0.2) is 0 Å². The molecule has 0 atom stereocenters. The molecular weight excluding hydrogens is 338 g/mol. The van der Waals surface area contributed by atoms with E-state index in [2.05, 4.69) is 29.7 Å². The van der Waals surface area contributed by atoms with E-state index >= 15 is 0 Å². The van der Waals surface area contributed by atoms with E-state index in [1.165, 1.54) is 5.56 Å². The SMILES string of the molecule is CCN(CC)C(=O)c1ccc(NC(=O)CNc2c(C)cc(C)cc2C)cc1. The van der Waals surface area contributed by atoms with Gasteiger partial charge in [-0.1, -0.05) is 17.7 Å². The van der Waals surface area contributed by atoms with Gasteiger partial charge in [-0.3, -0.25) is 9.59 Å². The Hall–Kier alpha value is -2.82. The Balaban J connectivity index is 1.96. The Morgan fingerprint density at radius 2 is 1.48 bits per heavy atom. The maximum absolute atomic E-state index is 12.3. The van der Waals surface area contributed by atoms with Crippen molar-refractivity contribution in [3.8, 4) is 0 Å². The smallest absolute Gasteiger partial charge is 0.253 e. The van der Waals surface area contributed by atoms with E-state index in [9.17, 15) is 9.59 Å². The number of nitrogens with one attached hydrogen (secondary N) is 2. The first kappa shape index (κ1) is 20.5. The summed E-state index contributed by atoms with van der Waals surface area (Å²) in [6.45, 7) is 11.6. The number of hydrogen-bond donors (Lipinski definition) is 2. The Bertz CT molecular complexity index is 786. The Kier molecular flexibility index (Phi) is 6.99.